The van der Waals surface area contributed by atoms with E-state index in [1.54, 1.807) is 6.07 Å². The lowest BCUT2D eigenvalue weighted by Crippen LogP contribution is -1.90. The highest BCUT2D eigenvalue weighted by molar-refractivity contribution is 9.10. The molecule has 13 heavy (non-hydrogen) atoms. The van der Waals surface area contributed by atoms with Crippen molar-refractivity contribution >= 4 is 15.9 Å². The normalized spacial score (nSPS) is 10.4. The number of aliphatic hydroxyl groups is 1. The fraction of sp³-hybridized carbons (Fsp3) is 0.400. The fourth-order valence-electron chi connectivity index (χ4n) is 1.15. The average Bonchev–Trinajstić information content (AvgIpc) is 2.09. The minimum absolute atomic E-state index is 0.221. The molecule has 1 aromatic rings. The highest BCUT2D eigenvalue weighted by Crippen LogP contribution is 2.19. The summed E-state index contributed by atoms with van der Waals surface area (Å²) in [6.07, 6.45) is 2.60. The number of benzene rings is 1. The molecule has 1 aromatic carbocycles. The summed E-state index contributed by atoms with van der Waals surface area (Å²) >= 11 is 3.30. The second-order valence-electron chi connectivity index (χ2n) is 2.92. The van der Waals surface area contributed by atoms with E-state index < -0.39 is 0 Å². The molecule has 0 aromatic heterocycles. The summed E-state index contributed by atoms with van der Waals surface area (Å²) < 4.78 is 13.5. The minimum atomic E-state index is -0.224. The molecule has 1 N–H and O–H groups in total. The van der Waals surface area contributed by atoms with Crippen molar-refractivity contribution < 1.29 is 9.50 Å². The van der Waals surface area contributed by atoms with Gasteiger partial charge in [-0.25, -0.2) is 4.39 Å². The van der Waals surface area contributed by atoms with E-state index in [1.807, 2.05) is 0 Å². The largest absolute Gasteiger partial charge is 0.396 e. The molecule has 0 aliphatic heterocycles. The van der Waals surface area contributed by atoms with Crippen LogP contribution in [0, 0.1) is 5.82 Å². The number of halogens is 2. The first-order valence-electron chi connectivity index (χ1n) is 4.29. The number of hydrogen-bond donors (Lipinski definition) is 1. The molecule has 0 saturated carbocycles. The quantitative estimate of drug-likeness (QED) is 0.811. The predicted molar refractivity (Wildman–Crippen MR) is 54.1 cm³/mol. The molecule has 3 heteroatoms. The second-order valence-corrected chi connectivity index (χ2v) is 3.77. The number of aliphatic hydroxyl groups excluding tert-OH is 1. The van der Waals surface area contributed by atoms with Crippen LogP contribution < -0.4 is 0 Å². The maximum atomic E-state index is 12.7. The van der Waals surface area contributed by atoms with Gasteiger partial charge in [0.05, 0.1) is 0 Å². The van der Waals surface area contributed by atoms with Gasteiger partial charge in [0, 0.05) is 11.1 Å². The number of rotatable bonds is 4. The Hall–Kier alpha value is -0.410. The summed E-state index contributed by atoms with van der Waals surface area (Å²) in [5.41, 5.74) is 1.09. The van der Waals surface area contributed by atoms with Crippen LogP contribution in [-0.2, 0) is 6.42 Å². The van der Waals surface area contributed by atoms with Gasteiger partial charge in [-0.2, -0.15) is 0 Å². The SMILES string of the molecule is OCCCCc1ccc(F)cc1Br. The third-order valence-corrected chi connectivity index (χ3v) is 2.61. The second kappa shape index (κ2) is 5.35. The van der Waals surface area contributed by atoms with E-state index in [-0.39, 0.29) is 12.4 Å². The van der Waals surface area contributed by atoms with Gasteiger partial charge in [0.15, 0.2) is 0 Å². The van der Waals surface area contributed by atoms with E-state index in [9.17, 15) is 4.39 Å². The maximum absolute atomic E-state index is 12.7. The smallest absolute Gasteiger partial charge is 0.124 e. The maximum Gasteiger partial charge on any atom is 0.124 e. The van der Waals surface area contributed by atoms with Crippen LogP contribution in [0.5, 0.6) is 0 Å². The van der Waals surface area contributed by atoms with E-state index >= 15 is 0 Å². The van der Waals surface area contributed by atoms with Crippen molar-refractivity contribution in [1.29, 1.82) is 0 Å². The summed E-state index contributed by atoms with van der Waals surface area (Å²) in [4.78, 5) is 0. The zero-order valence-corrected chi connectivity index (χ0v) is 8.85. The first-order valence-corrected chi connectivity index (χ1v) is 5.08. The lowest BCUT2D eigenvalue weighted by Gasteiger charge is -2.03. The van der Waals surface area contributed by atoms with Crippen LogP contribution in [0.1, 0.15) is 18.4 Å². The molecule has 0 fully saturated rings. The highest BCUT2D eigenvalue weighted by atomic mass is 79.9. The monoisotopic (exact) mass is 246 g/mol. The minimum Gasteiger partial charge on any atom is -0.396 e. The van der Waals surface area contributed by atoms with E-state index in [0.29, 0.717) is 0 Å². The molecular formula is C10H12BrFO. The molecule has 0 aliphatic carbocycles. The Morgan fingerprint density at radius 1 is 1.31 bits per heavy atom. The Bertz CT molecular complexity index is 276. The van der Waals surface area contributed by atoms with Crippen LogP contribution in [-0.4, -0.2) is 11.7 Å². The van der Waals surface area contributed by atoms with Crippen LogP contribution >= 0.6 is 15.9 Å². The summed E-state index contributed by atoms with van der Waals surface area (Å²) in [6.45, 7) is 0.221. The van der Waals surface area contributed by atoms with Gasteiger partial charge in [0.1, 0.15) is 5.82 Å². The molecule has 0 heterocycles. The Balaban J connectivity index is 2.56. The molecule has 0 spiro atoms. The summed E-state index contributed by atoms with van der Waals surface area (Å²) in [5.74, 6) is -0.224. The summed E-state index contributed by atoms with van der Waals surface area (Å²) in [7, 11) is 0. The van der Waals surface area contributed by atoms with Gasteiger partial charge < -0.3 is 5.11 Å². The van der Waals surface area contributed by atoms with Gasteiger partial charge >= 0.3 is 0 Å². The standard InChI is InChI=1S/C10H12BrFO/c11-10-7-9(12)5-4-8(10)3-1-2-6-13/h4-5,7,13H,1-3,6H2. The van der Waals surface area contributed by atoms with Crippen LogP contribution in [0.25, 0.3) is 0 Å². The van der Waals surface area contributed by atoms with Gasteiger partial charge in [-0.15, -0.1) is 0 Å². The van der Waals surface area contributed by atoms with Crippen LogP contribution in [0.15, 0.2) is 22.7 Å². The lowest BCUT2D eigenvalue weighted by molar-refractivity contribution is 0.284. The molecule has 72 valence electrons. The van der Waals surface area contributed by atoms with Crippen molar-refractivity contribution in [3.8, 4) is 0 Å². The van der Waals surface area contributed by atoms with Gasteiger partial charge in [-0.05, 0) is 37.0 Å². The number of hydrogen-bond acceptors (Lipinski definition) is 1. The zero-order chi connectivity index (χ0) is 9.68. The molecule has 1 rings (SSSR count). The molecule has 0 atom stereocenters. The molecule has 0 aliphatic rings. The van der Waals surface area contributed by atoms with Crippen molar-refractivity contribution in [3.05, 3.63) is 34.1 Å². The van der Waals surface area contributed by atoms with Gasteiger partial charge in [-0.3, -0.25) is 0 Å². The van der Waals surface area contributed by atoms with Gasteiger partial charge in [-0.1, -0.05) is 22.0 Å². The molecular weight excluding hydrogens is 235 g/mol. The molecule has 0 radical (unpaired) electrons. The van der Waals surface area contributed by atoms with Crippen LogP contribution in [0.3, 0.4) is 0 Å². The van der Waals surface area contributed by atoms with E-state index in [0.717, 1.165) is 29.3 Å². The van der Waals surface area contributed by atoms with Crippen molar-refractivity contribution in [3.63, 3.8) is 0 Å². The summed E-state index contributed by atoms with van der Waals surface area (Å²) in [6, 6.07) is 4.70. The fourth-order valence-corrected chi connectivity index (χ4v) is 1.70. The first-order chi connectivity index (χ1) is 6.24. The Kier molecular flexibility index (Phi) is 4.39. The highest BCUT2D eigenvalue weighted by Gasteiger charge is 2.00. The van der Waals surface area contributed by atoms with E-state index in [1.165, 1.54) is 12.1 Å². The molecule has 0 saturated heterocycles. The Labute approximate surface area is 85.7 Å². The zero-order valence-electron chi connectivity index (χ0n) is 7.26. The third-order valence-electron chi connectivity index (χ3n) is 1.87. The van der Waals surface area contributed by atoms with Gasteiger partial charge in [0.2, 0.25) is 0 Å². The van der Waals surface area contributed by atoms with Gasteiger partial charge in [0.25, 0.3) is 0 Å². The topological polar surface area (TPSA) is 20.2 Å². The van der Waals surface area contributed by atoms with Crippen LogP contribution in [0.2, 0.25) is 0 Å². The van der Waals surface area contributed by atoms with Crippen molar-refractivity contribution in [2.24, 2.45) is 0 Å². The third kappa shape index (κ3) is 3.44. The first kappa shape index (κ1) is 10.7. The Morgan fingerprint density at radius 3 is 2.69 bits per heavy atom. The number of unbranched alkanes of at least 4 members (excludes halogenated alkanes) is 1. The predicted octanol–water partition coefficient (Wildman–Crippen LogP) is 2.90. The van der Waals surface area contributed by atoms with Crippen molar-refractivity contribution in [2.45, 2.75) is 19.3 Å². The number of aryl methyl sites for hydroxylation is 1. The molecule has 0 unspecified atom stereocenters. The molecule has 0 bridgehead atoms. The molecule has 0 amide bonds. The van der Waals surface area contributed by atoms with E-state index in [4.69, 9.17) is 5.11 Å². The summed E-state index contributed by atoms with van der Waals surface area (Å²) in [5, 5.41) is 8.59. The lowest BCUT2D eigenvalue weighted by atomic mass is 10.1. The van der Waals surface area contributed by atoms with E-state index in [2.05, 4.69) is 15.9 Å². The Morgan fingerprint density at radius 2 is 2.08 bits per heavy atom. The molecule has 1 nitrogen and oxygen atoms in total. The van der Waals surface area contributed by atoms with Crippen molar-refractivity contribution in [2.75, 3.05) is 6.61 Å². The average molecular weight is 247 g/mol. The van der Waals surface area contributed by atoms with Crippen molar-refractivity contribution in [1.82, 2.24) is 0 Å². The van der Waals surface area contributed by atoms with Crippen LogP contribution in [0.4, 0.5) is 4.39 Å².